The number of nitrogens with zero attached hydrogens (tertiary/aromatic N) is 5. The molecule has 2 aromatic carbocycles. The Morgan fingerprint density at radius 1 is 0.968 bits per heavy atom. The van der Waals surface area contributed by atoms with Crippen LogP contribution in [0.2, 0.25) is 0 Å². The van der Waals surface area contributed by atoms with Gasteiger partial charge in [-0.05, 0) is 44.2 Å². The maximum Gasteiger partial charge on any atom is 0.235 e. The van der Waals surface area contributed by atoms with Gasteiger partial charge in [-0.15, -0.1) is 5.10 Å². The van der Waals surface area contributed by atoms with Gasteiger partial charge in [0.25, 0.3) is 0 Å². The Morgan fingerprint density at radius 2 is 1.68 bits per heavy atom. The lowest BCUT2D eigenvalue weighted by Gasteiger charge is -2.35. The monoisotopic (exact) mass is 440 g/mol. The molecule has 2 heterocycles. The molecular weight excluding hydrogens is 412 g/mol. The van der Waals surface area contributed by atoms with Crippen molar-refractivity contribution in [2.45, 2.75) is 25.6 Å². The van der Waals surface area contributed by atoms with Crippen molar-refractivity contribution in [1.29, 1.82) is 0 Å². The highest BCUT2D eigenvalue weighted by Gasteiger charge is 2.20. The summed E-state index contributed by atoms with van der Waals surface area (Å²) in [5, 5.41) is 8.08. The van der Waals surface area contributed by atoms with Gasteiger partial charge in [0.05, 0.1) is 28.5 Å². The number of para-hydroxylation sites is 1. The zero-order valence-electron chi connectivity index (χ0n) is 17.8. The summed E-state index contributed by atoms with van der Waals surface area (Å²) in [4.78, 5) is 4.64. The number of hydrogen-bond acceptors (Lipinski definition) is 6. The summed E-state index contributed by atoms with van der Waals surface area (Å²) in [7, 11) is -3.35. The molecule has 4 rings (SSSR count). The van der Waals surface area contributed by atoms with E-state index in [9.17, 15) is 8.42 Å². The first-order valence-electron chi connectivity index (χ1n) is 10.5. The minimum atomic E-state index is -3.35. The van der Waals surface area contributed by atoms with Crippen LogP contribution < -0.4 is 9.62 Å². The van der Waals surface area contributed by atoms with Gasteiger partial charge in [-0.25, -0.2) is 13.1 Å². The van der Waals surface area contributed by atoms with E-state index >= 15 is 0 Å². The van der Waals surface area contributed by atoms with Gasteiger partial charge >= 0.3 is 0 Å². The van der Waals surface area contributed by atoms with Crippen LogP contribution in [0.25, 0.3) is 5.69 Å². The van der Waals surface area contributed by atoms with Crippen LogP contribution in [0.3, 0.4) is 0 Å². The third-order valence-electron chi connectivity index (χ3n) is 5.41. The molecule has 9 heteroatoms. The van der Waals surface area contributed by atoms with Crippen LogP contribution in [0.5, 0.6) is 0 Å². The van der Waals surface area contributed by atoms with E-state index in [1.165, 1.54) is 0 Å². The highest BCUT2D eigenvalue weighted by atomic mass is 32.2. The lowest BCUT2D eigenvalue weighted by Crippen LogP contribution is -2.46. The molecule has 0 bridgehead atoms. The van der Waals surface area contributed by atoms with Crippen LogP contribution in [0, 0.1) is 0 Å². The van der Waals surface area contributed by atoms with Gasteiger partial charge in [0.1, 0.15) is 0 Å². The molecule has 0 atom stereocenters. The van der Waals surface area contributed by atoms with Crippen LogP contribution in [-0.2, 0) is 16.6 Å². The van der Waals surface area contributed by atoms with Crippen LogP contribution in [0.15, 0.2) is 60.8 Å². The van der Waals surface area contributed by atoms with E-state index in [1.54, 1.807) is 24.6 Å². The highest BCUT2D eigenvalue weighted by Crippen LogP contribution is 2.22. The maximum absolute atomic E-state index is 12.2. The number of rotatable bonds is 7. The van der Waals surface area contributed by atoms with E-state index in [1.807, 2.05) is 54.7 Å². The summed E-state index contributed by atoms with van der Waals surface area (Å²) in [5.41, 5.74) is 3.58. The van der Waals surface area contributed by atoms with E-state index in [2.05, 4.69) is 24.8 Å². The first-order valence-corrected chi connectivity index (χ1v) is 12.0. The van der Waals surface area contributed by atoms with Gasteiger partial charge in [0, 0.05) is 38.4 Å². The smallest absolute Gasteiger partial charge is 0.235 e. The minimum absolute atomic E-state index is 0.473. The predicted molar refractivity (Wildman–Crippen MR) is 123 cm³/mol. The Bertz CT molecular complexity index is 1110. The Labute approximate surface area is 183 Å². The molecule has 0 unspecified atom stereocenters. The Balaban J connectivity index is 1.34. The number of anilines is 2. The molecule has 1 aromatic heterocycles. The molecule has 1 saturated heterocycles. The Hall–Kier alpha value is -2.91. The van der Waals surface area contributed by atoms with Crippen LogP contribution in [-0.4, -0.2) is 59.7 Å². The van der Waals surface area contributed by atoms with Crippen molar-refractivity contribution in [1.82, 2.24) is 19.9 Å². The Kier molecular flexibility index (Phi) is 6.24. The van der Waals surface area contributed by atoms with Gasteiger partial charge < -0.3 is 4.90 Å². The van der Waals surface area contributed by atoms with Crippen molar-refractivity contribution in [2.75, 3.05) is 35.8 Å². The van der Waals surface area contributed by atoms with Gasteiger partial charge in [-0.2, -0.15) is 0 Å². The highest BCUT2D eigenvalue weighted by molar-refractivity contribution is 7.93. The van der Waals surface area contributed by atoms with E-state index in [0.717, 1.165) is 49.8 Å². The first kappa shape index (κ1) is 21.3. The molecule has 1 fully saturated rings. The van der Waals surface area contributed by atoms with Crippen LogP contribution in [0.1, 0.15) is 19.5 Å². The zero-order chi connectivity index (χ0) is 21.8. The second-order valence-electron chi connectivity index (χ2n) is 8.00. The quantitative estimate of drug-likeness (QED) is 0.608. The molecule has 0 aliphatic carbocycles. The fraction of sp³-hybridized carbons (Fsp3) is 0.364. The summed E-state index contributed by atoms with van der Waals surface area (Å²) < 4.78 is 28.8. The predicted octanol–water partition coefficient (Wildman–Crippen LogP) is 2.74. The topological polar surface area (TPSA) is 83.4 Å². The summed E-state index contributed by atoms with van der Waals surface area (Å²) in [6, 6.07) is 17.6. The zero-order valence-corrected chi connectivity index (χ0v) is 18.7. The normalized spacial score (nSPS) is 15.4. The fourth-order valence-corrected chi connectivity index (χ4v) is 4.21. The number of nitrogens with one attached hydrogen (secondary N) is 1. The average molecular weight is 441 g/mol. The summed E-state index contributed by atoms with van der Waals surface area (Å²) in [6.07, 6.45) is 1.98. The number of piperazine rings is 1. The van der Waals surface area contributed by atoms with E-state index in [4.69, 9.17) is 0 Å². The van der Waals surface area contributed by atoms with E-state index < -0.39 is 15.3 Å². The standard InChI is InChI=1S/C22H28N6O2S/c1-18(2)31(29,30)24-19-7-6-10-22(15-19)27-13-11-26(12-14-27)16-20-17-28(25-23-20)21-8-4-3-5-9-21/h3-10,15,17-18,24H,11-14,16H2,1-2H3. The SMILES string of the molecule is CC(C)S(=O)(=O)Nc1cccc(N2CCN(Cc3cn(-c4ccccc4)nn3)CC2)c1. The van der Waals surface area contributed by atoms with Crippen molar-refractivity contribution in [3.8, 4) is 5.69 Å². The second kappa shape index (κ2) is 9.07. The molecule has 3 aromatic rings. The van der Waals surface area contributed by atoms with Crippen LogP contribution >= 0.6 is 0 Å². The molecule has 0 spiro atoms. The van der Waals surface area contributed by atoms with Gasteiger partial charge in [0.2, 0.25) is 10.0 Å². The van der Waals surface area contributed by atoms with Crippen LogP contribution in [0.4, 0.5) is 11.4 Å². The molecule has 0 saturated carbocycles. The molecule has 1 N–H and O–H groups in total. The average Bonchev–Trinajstić information content (AvgIpc) is 3.23. The number of sulfonamides is 1. The van der Waals surface area contributed by atoms with Gasteiger partial charge in [0.15, 0.2) is 0 Å². The van der Waals surface area contributed by atoms with Crippen molar-refractivity contribution >= 4 is 21.4 Å². The molecule has 1 aliphatic heterocycles. The van der Waals surface area contributed by atoms with Crippen molar-refractivity contribution < 1.29 is 8.42 Å². The van der Waals surface area contributed by atoms with Crippen molar-refractivity contribution in [3.63, 3.8) is 0 Å². The van der Waals surface area contributed by atoms with E-state index in [0.29, 0.717) is 5.69 Å². The molecule has 164 valence electrons. The Morgan fingerprint density at radius 3 is 2.39 bits per heavy atom. The molecule has 0 radical (unpaired) electrons. The third-order valence-corrected chi connectivity index (χ3v) is 7.17. The fourth-order valence-electron chi connectivity index (χ4n) is 3.52. The third kappa shape index (κ3) is 5.23. The molecule has 1 aliphatic rings. The summed E-state index contributed by atoms with van der Waals surface area (Å²) >= 11 is 0. The first-order chi connectivity index (χ1) is 14.9. The maximum atomic E-state index is 12.2. The second-order valence-corrected chi connectivity index (χ2v) is 10.2. The van der Waals surface area contributed by atoms with Gasteiger partial charge in [-0.3, -0.25) is 9.62 Å². The number of aromatic nitrogens is 3. The van der Waals surface area contributed by atoms with Gasteiger partial charge in [-0.1, -0.05) is 29.5 Å². The molecule has 8 nitrogen and oxygen atoms in total. The molecular formula is C22H28N6O2S. The van der Waals surface area contributed by atoms with E-state index in [-0.39, 0.29) is 0 Å². The largest absolute Gasteiger partial charge is 0.369 e. The lowest BCUT2D eigenvalue weighted by molar-refractivity contribution is 0.247. The summed E-state index contributed by atoms with van der Waals surface area (Å²) in [6.45, 7) is 7.64. The van der Waals surface area contributed by atoms with Crippen molar-refractivity contribution in [2.24, 2.45) is 0 Å². The summed E-state index contributed by atoms with van der Waals surface area (Å²) in [5.74, 6) is 0. The number of hydrogen-bond donors (Lipinski definition) is 1. The molecule has 31 heavy (non-hydrogen) atoms. The molecule has 0 amide bonds. The number of benzene rings is 2. The minimum Gasteiger partial charge on any atom is -0.369 e. The van der Waals surface area contributed by atoms with Crippen molar-refractivity contribution in [3.05, 3.63) is 66.5 Å². The lowest BCUT2D eigenvalue weighted by atomic mass is 10.2.